The molecule has 6 nitrogen and oxygen atoms in total. The summed E-state index contributed by atoms with van der Waals surface area (Å²) in [6.45, 7) is -0.108. The van der Waals surface area contributed by atoms with Crippen LogP contribution in [0.3, 0.4) is 0 Å². The Balaban J connectivity index is 1.82. The lowest BCUT2D eigenvalue weighted by molar-refractivity contribution is -0.118. The van der Waals surface area contributed by atoms with Crippen molar-refractivity contribution in [1.82, 2.24) is 5.43 Å². The number of ether oxygens (including phenoxy) is 1. The minimum atomic E-state index is -0.274. The van der Waals surface area contributed by atoms with Gasteiger partial charge in [0.2, 0.25) is 0 Å². The van der Waals surface area contributed by atoms with Crippen molar-refractivity contribution in [3.63, 3.8) is 0 Å². The van der Waals surface area contributed by atoms with Crippen molar-refractivity contribution >= 4 is 46.7 Å². The van der Waals surface area contributed by atoms with Crippen LogP contribution < -0.4 is 21.2 Å². The van der Waals surface area contributed by atoms with Gasteiger partial charge in [-0.15, -0.1) is 0 Å². The average Bonchev–Trinajstić information content (AvgIpc) is 2.54. The van der Waals surface area contributed by atoms with E-state index < -0.39 is 0 Å². The summed E-state index contributed by atoms with van der Waals surface area (Å²) in [4.78, 5) is 11.8. The number of amides is 1. The van der Waals surface area contributed by atoms with Crippen LogP contribution >= 0.6 is 23.8 Å². The molecule has 0 bridgehead atoms. The summed E-state index contributed by atoms with van der Waals surface area (Å²) in [5.41, 5.74) is 9.16. The molecule has 0 saturated heterocycles. The fourth-order valence-electron chi connectivity index (χ4n) is 1.73. The number of carbonyl (C=O) groups excluding carboxylic acids is 1. The molecule has 2 aromatic rings. The highest BCUT2D eigenvalue weighted by Gasteiger charge is 2.04. The van der Waals surface area contributed by atoms with Gasteiger partial charge >= 0.3 is 0 Å². The molecule has 0 aromatic heterocycles. The van der Waals surface area contributed by atoms with Crippen LogP contribution in [0.4, 0.5) is 5.69 Å². The minimum Gasteiger partial charge on any atom is -0.484 e. The predicted octanol–water partition coefficient (Wildman–Crippen LogP) is 2.52. The Labute approximate surface area is 149 Å². The molecule has 1 amide bonds. The highest BCUT2D eigenvalue weighted by molar-refractivity contribution is 7.80. The number of hydrazone groups is 1. The highest BCUT2D eigenvalue weighted by atomic mass is 35.5. The second kappa shape index (κ2) is 8.85. The van der Waals surface area contributed by atoms with Crippen molar-refractivity contribution in [1.29, 1.82) is 0 Å². The molecule has 0 radical (unpaired) electrons. The molecule has 24 heavy (non-hydrogen) atoms. The Hall–Kier alpha value is -2.64. The first kappa shape index (κ1) is 17.7. The molecule has 124 valence electrons. The van der Waals surface area contributed by atoms with E-state index in [0.717, 1.165) is 5.56 Å². The molecule has 4 N–H and O–H groups in total. The number of nitrogens with two attached hydrogens (primary N) is 1. The van der Waals surface area contributed by atoms with Crippen molar-refractivity contribution in [2.75, 3.05) is 11.9 Å². The van der Waals surface area contributed by atoms with Crippen LogP contribution in [0.15, 0.2) is 53.6 Å². The van der Waals surface area contributed by atoms with Gasteiger partial charge in [0.25, 0.3) is 5.91 Å². The van der Waals surface area contributed by atoms with E-state index in [0.29, 0.717) is 16.5 Å². The van der Waals surface area contributed by atoms with Crippen molar-refractivity contribution < 1.29 is 9.53 Å². The second-order valence-corrected chi connectivity index (χ2v) is 5.53. The number of carbonyl (C=O) groups is 1. The van der Waals surface area contributed by atoms with Crippen molar-refractivity contribution in [3.05, 3.63) is 59.1 Å². The molecule has 0 heterocycles. The van der Waals surface area contributed by atoms with Crippen LogP contribution in [-0.4, -0.2) is 23.8 Å². The first-order valence-electron chi connectivity index (χ1n) is 6.90. The standard InChI is InChI=1S/C16H15ClN4O2S/c17-12-2-1-3-13(8-12)20-15(22)10-23-14-6-4-11(5-7-14)9-19-21-16(18)24/h1-9H,10H2,(H,20,22)(H3,18,21,24)/b19-9+. The normalized spacial score (nSPS) is 10.4. The molecular weight excluding hydrogens is 348 g/mol. The highest BCUT2D eigenvalue weighted by Crippen LogP contribution is 2.15. The Morgan fingerprint density at radius 3 is 2.71 bits per heavy atom. The quantitative estimate of drug-likeness (QED) is 0.417. The number of benzene rings is 2. The van der Waals surface area contributed by atoms with Gasteiger partial charge in [-0.05, 0) is 60.2 Å². The fourth-order valence-corrected chi connectivity index (χ4v) is 1.98. The van der Waals surface area contributed by atoms with Gasteiger partial charge in [0, 0.05) is 10.7 Å². The lowest BCUT2D eigenvalue weighted by atomic mass is 10.2. The maximum atomic E-state index is 11.8. The number of halogens is 1. The molecule has 0 aliphatic carbocycles. The van der Waals surface area contributed by atoms with Crippen molar-refractivity contribution in [3.8, 4) is 5.75 Å². The van der Waals surface area contributed by atoms with E-state index in [4.69, 9.17) is 22.1 Å². The zero-order valence-electron chi connectivity index (χ0n) is 12.5. The third kappa shape index (κ3) is 6.23. The molecule has 0 aliphatic rings. The fraction of sp³-hybridized carbons (Fsp3) is 0.0625. The van der Waals surface area contributed by atoms with Crippen molar-refractivity contribution in [2.24, 2.45) is 10.8 Å². The molecule has 0 unspecified atom stereocenters. The van der Waals surface area contributed by atoms with Crippen LogP contribution in [0.25, 0.3) is 0 Å². The molecule has 0 atom stereocenters. The van der Waals surface area contributed by atoms with Crippen LogP contribution in [0.5, 0.6) is 5.75 Å². The Kier molecular flexibility index (Phi) is 6.53. The summed E-state index contributed by atoms with van der Waals surface area (Å²) in [5.74, 6) is 0.291. The number of hydrogen-bond donors (Lipinski definition) is 3. The van der Waals surface area contributed by atoms with Crippen LogP contribution in [0, 0.1) is 0 Å². The van der Waals surface area contributed by atoms with Crippen molar-refractivity contribution in [2.45, 2.75) is 0 Å². The number of nitrogens with one attached hydrogen (secondary N) is 2. The van der Waals surface area contributed by atoms with Gasteiger partial charge < -0.3 is 15.8 Å². The Morgan fingerprint density at radius 1 is 1.29 bits per heavy atom. The van der Waals surface area contributed by atoms with Gasteiger partial charge in [-0.2, -0.15) is 5.10 Å². The smallest absolute Gasteiger partial charge is 0.262 e. The molecule has 8 heteroatoms. The molecule has 0 fully saturated rings. The first-order valence-corrected chi connectivity index (χ1v) is 7.68. The second-order valence-electron chi connectivity index (χ2n) is 4.65. The van der Waals surface area contributed by atoms with Gasteiger partial charge in [-0.25, -0.2) is 0 Å². The predicted molar refractivity (Wildman–Crippen MR) is 99.5 cm³/mol. The monoisotopic (exact) mass is 362 g/mol. The maximum absolute atomic E-state index is 11.8. The van der Waals surface area contributed by atoms with Crippen LogP contribution in [0.2, 0.25) is 5.02 Å². The van der Waals surface area contributed by atoms with Gasteiger partial charge in [0.1, 0.15) is 5.75 Å². The molecule has 2 aromatic carbocycles. The zero-order chi connectivity index (χ0) is 17.4. The maximum Gasteiger partial charge on any atom is 0.262 e. The summed E-state index contributed by atoms with van der Waals surface area (Å²) in [7, 11) is 0. The summed E-state index contributed by atoms with van der Waals surface area (Å²) >= 11 is 10.5. The number of rotatable bonds is 6. The third-order valence-corrected chi connectivity index (χ3v) is 3.07. The number of nitrogens with zero attached hydrogens (tertiary/aromatic N) is 1. The van der Waals surface area contributed by atoms with E-state index in [1.165, 1.54) is 0 Å². The van der Waals surface area contributed by atoms with Crippen LogP contribution in [-0.2, 0) is 4.79 Å². The van der Waals surface area contributed by atoms with Crippen LogP contribution in [0.1, 0.15) is 5.56 Å². The van der Waals surface area contributed by atoms with Gasteiger partial charge in [-0.3, -0.25) is 10.2 Å². The summed E-state index contributed by atoms with van der Waals surface area (Å²) in [6, 6.07) is 13.9. The lowest BCUT2D eigenvalue weighted by Gasteiger charge is -2.08. The Bertz CT molecular complexity index is 750. The molecule has 0 saturated carbocycles. The minimum absolute atomic E-state index is 0.0944. The largest absolute Gasteiger partial charge is 0.484 e. The molecule has 0 spiro atoms. The number of hydrogen-bond acceptors (Lipinski definition) is 4. The van der Waals surface area contributed by atoms with E-state index >= 15 is 0 Å². The zero-order valence-corrected chi connectivity index (χ0v) is 14.1. The molecule has 2 rings (SSSR count). The average molecular weight is 363 g/mol. The van der Waals surface area contributed by atoms with E-state index in [2.05, 4.69) is 28.1 Å². The van der Waals surface area contributed by atoms with Gasteiger partial charge in [0.05, 0.1) is 6.21 Å². The van der Waals surface area contributed by atoms with E-state index in [9.17, 15) is 4.79 Å². The first-order chi connectivity index (χ1) is 11.5. The molecule has 0 aliphatic heterocycles. The number of anilines is 1. The van der Waals surface area contributed by atoms with E-state index in [1.807, 2.05) is 0 Å². The summed E-state index contributed by atoms with van der Waals surface area (Å²) < 4.78 is 5.42. The van der Waals surface area contributed by atoms with E-state index in [1.54, 1.807) is 54.7 Å². The Morgan fingerprint density at radius 2 is 2.04 bits per heavy atom. The van der Waals surface area contributed by atoms with Gasteiger partial charge in [0.15, 0.2) is 11.7 Å². The van der Waals surface area contributed by atoms with E-state index in [-0.39, 0.29) is 17.6 Å². The summed E-state index contributed by atoms with van der Waals surface area (Å²) in [6.07, 6.45) is 1.56. The molecular formula is C16H15ClN4O2S. The van der Waals surface area contributed by atoms with Gasteiger partial charge in [-0.1, -0.05) is 17.7 Å². The topological polar surface area (TPSA) is 88.7 Å². The SMILES string of the molecule is NC(=S)N/N=C/c1ccc(OCC(=O)Nc2cccc(Cl)c2)cc1. The third-order valence-electron chi connectivity index (χ3n) is 2.75. The number of thiocarbonyl (C=S) groups is 1. The lowest BCUT2D eigenvalue weighted by Crippen LogP contribution is -2.23. The summed E-state index contributed by atoms with van der Waals surface area (Å²) in [5, 5.41) is 7.19.